The Morgan fingerprint density at radius 2 is 2.03 bits per heavy atom. The first-order valence-electron chi connectivity index (χ1n) is 9.84. The number of rotatable bonds is 9. The number of aliphatic carboxylic acids is 1. The molecule has 9 heteroatoms. The summed E-state index contributed by atoms with van der Waals surface area (Å²) in [5.74, 6) is -1.95. The first kappa shape index (κ1) is 21.2. The van der Waals surface area contributed by atoms with Crippen LogP contribution < -0.4 is 5.32 Å². The summed E-state index contributed by atoms with van der Waals surface area (Å²) in [5.41, 5.74) is 2.01. The smallest absolute Gasteiger partial charge is 0.305 e. The first-order valence-corrected chi connectivity index (χ1v) is 9.84. The fraction of sp³-hybridized carbons (Fsp3) is 0.381. The van der Waals surface area contributed by atoms with Gasteiger partial charge in [0.25, 0.3) is 5.91 Å². The maximum Gasteiger partial charge on any atom is 0.305 e. The predicted molar refractivity (Wildman–Crippen MR) is 107 cm³/mol. The minimum absolute atomic E-state index is 0.162. The lowest BCUT2D eigenvalue weighted by atomic mass is 10.1. The van der Waals surface area contributed by atoms with Crippen LogP contribution >= 0.6 is 0 Å². The van der Waals surface area contributed by atoms with Gasteiger partial charge in [0.15, 0.2) is 5.82 Å². The van der Waals surface area contributed by atoms with Crippen molar-refractivity contribution >= 4 is 24.1 Å². The van der Waals surface area contributed by atoms with Gasteiger partial charge in [0, 0.05) is 18.4 Å². The summed E-state index contributed by atoms with van der Waals surface area (Å²) < 4.78 is 0. The van der Waals surface area contributed by atoms with Gasteiger partial charge in [-0.15, -0.1) is 0 Å². The van der Waals surface area contributed by atoms with E-state index in [4.69, 9.17) is 5.11 Å². The Kier molecular flexibility index (Phi) is 6.95. The highest BCUT2D eigenvalue weighted by molar-refractivity contribution is 5.96. The standard InChI is InChI=1S/C21H24N4O5/c26-13-16(11-18(27)28)24-20(29)17-7-4-10-25(17)21(30)19-22-12-15(23-19)9-8-14-5-2-1-3-6-14/h1-3,5-6,12-13,16-17H,4,7-11H2,(H,22,23)(H,24,29)(H,27,28)/t16-,17-/m0/s1. The number of nitrogens with zero attached hydrogens (tertiary/aromatic N) is 2. The van der Waals surface area contributed by atoms with Crippen LogP contribution in [0.4, 0.5) is 0 Å². The number of amides is 2. The van der Waals surface area contributed by atoms with Crippen LogP contribution in [0.15, 0.2) is 36.5 Å². The number of nitrogens with one attached hydrogen (secondary N) is 2. The van der Waals surface area contributed by atoms with E-state index in [1.807, 2.05) is 30.3 Å². The van der Waals surface area contributed by atoms with Gasteiger partial charge in [-0.2, -0.15) is 0 Å². The molecule has 9 nitrogen and oxygen atoms in total. The first-order chi connectivity index (χ1) is 14.5. The Hall–Kier alpha value is -3.49. The zero-order valence-electron chi connectivity index (χ0n) is 16.4. The molecule has 30 heavy (non-hydrogen) atoms. The van der Waals surface area contributed by atoms with Gasteiger partial charge in [0.1, 0.15) is 12.3 Å². The van der Waals surface area contributed by atoms with Crippen molar-refractivity contribution in [3.63, 3.8) is 0 Å². The number of hydrogen-bond donors (Lipinski definition) is 3. The van der Waals surface area contributed by atoms with E-state index < -0.39 is 30.4 Å². The molecule has 158 valence electrons. The van der Waals surface area contributed by atoms with Crippen LogP contribution in [0.3, 0.4) is 0 Å². The van der Waals surface area contributed by atoms with Crippen LogP contribution in [0.2, 0.25) is 0 Å². The average molecular weight is 412 g/mol. The Morgan fingerprint density at radius 3 is 2.73 bits per heavy atom. The lowest BCUT2D eigenvalue weighted by Gasteiger charge is -2.24. The molecule has 3 rings (SSSR count). The van der Waals surface area contributed by atoms with Crippen molar-refractivity contribution in [2.24, 2.45) is 0 Å². The maximum atomic E-state index is 12.9. The Bertz CT molecular complexity index is 911. The van der Waals surface area contributed by atoms with Gasteiger partial charge in [0.05, 0.1) is 12.5 Å². The lowest BCUT2D eigenvalue weighted by molar-refractivity contribution is -0.139. The number of H-pyrrole nitrogens is 1. The average Bonchev–Trinajstić information content (AvgIpc) is 3.41. The number of carbonyl (C=O) groups is 4. The number of hydrogen-bond acceptors (Lipinski definition) is 5. The van der Waals surface area contributed by atoms with Crippen LogP contribution in [0.25, 0.3) is 0 Å². The molecule has 1 aliphatic heterocycles. The summed E-state index contributed by atoms with van der Waals surface area (Å²) in [5, 5.41) is 11.2. The molecule has 2 atom stereocenters. The van der Waals surface area contributed by atoms with Crippen molar-refractivity contribution in [1.82, 2.24) is 20.2 Å². The van der Waals surface area contributed by atoms with Gasteiger partial charge in [0.2, 0.25) is 5.91 Å². The molecule has 2 aromatic rings. The lowest BCUT2D eigenvalue weighted by Crippen LogP contribution is -2.49. The van der Waals surface area contributed by atoms with E-state index in [1.165, 1.54) is 10.5 Å². The summed E-state index contributed by atoms with van der Waals surface area (Å²) in [6.45, 7) is 0.391. The maximum absolute atomic E-state index is 12.9. The van der Waals surface area contributed by atoms with E-state index in [2.05, 4.69) is 15.3 Å². The second-order valence-electron chi connectivity index (χ2n) is 7.25. The molecular formula is C21H24N4O5. The molecule has 2 heterocycles. The van der Waals surface area contributed by atoms with E-state index in [0.717, 1.165) is 12.1 Å². The quantitative estimate of drug-likeness (QED) is 0.526. The summed E-state index contributed by atoms with van der Waals surface area (Å²) >= 11 is 0. The zero-order chi connectivity index (χ0) is 21.5. The van der Waals surface area contributed by atoms with Gasteiger partial charge in [-0.3, -0.25) is 14.4 Å². The van der Waals surface area contributed by atoms with Gasteiger partial charge in [-0.05, 0) is 31.2 Å². The number of aromatic amines is 1. The van der Waals surface area contributed by atoms with Crippen LogP contribution in [-0.4, -0.2) is 62.7 Å². The molecule has 0 unspecified atom stereocenters. The number of likely N-dealkylation sites (tertiary alicyclic amines) is 1. The monoisotopic (exact) mass is 412 g/mol. The van der Waals surface area contributed by atoms with Crippen molar-refractivity contribution in [3.8, 4) is 0 Å². The largest absolute Gasteiger partial charge is 0.481 e. The number of benzene rings is 1. The SMILES string of the molecule is O=C[C@H](CC(=O)O)NC(=O)[C@@H]1CCCN1C(=O)c1ncc(CCc2ccccc2)[nH]1. The minimum atomic E-state index is -1.19. The summed E-state index contributed by atoms with van der Waals surface area (Å²) in [6, 6.07) is 8.09. The molecule has 1 saturated heterocycles. The van der Waals surface area contributed by atoms with E-state index in [-0.39, 0.29) is 11.7 Å². The molecule has 0 aliphatic carbocycles. The summed E-state index contributed by atoms with van der Waals surface area (Å²) in [6.07, 6.45) is 4.09. The topological polar surface area (TPSA) is 132 Å². The molecule has 1 aliphatic rings. The highest BCUT2D eigenvalue weighted by Gasteiger charge is 2.36. The molecular weight excluding hydrogens is 388 g/mol. The van der Waals surface area contributed by atoms with Crippen molar-refractivity contribution in [1.29, 1.82) is 0 Å². The van der Waals surface area contributed by atoms with Gasteiger partial charge in [-0.1, -0.05) is 30.3 Å². The van der Waals surface area contributed by atoms with Crippen molar-refractivity contribution in [3.05, 3.63) is 53.6 Å². The molecule has 2 amide bonds. The second-order valence-corrected chi connectivity index (χ2v) is 7.25. The van der Waals surface area contributed by atoms with E-state index in [9.17, 15) is 19.2 Å². The molecule has 1 aromatic heterocycles. The van der Waals surface area contributed by atoms with Gasteiger partial charge in [-0.25, -0.2) is 4.98 Å². The minimum Gasteiger partial charge on any atom is -0.481 e. The number of carboxylic acid groups (broad SMARTS) is 1. The molecule has 1 aromatic carbocycles. The molecule has 0 bridgehead atoms. The fourth-order valence-electron chi connectivity index (χ4n) is 3.54. The van der Waals surface area contributed by atoms with Gasteiger partial charge < -0.3 is 25.1 Å². The normalized spacial score (nSPS) is 16.8. The number of imidazole rings is 1. The van der Waals surface area contributed by atoms with Crippen LogP contribution in [-0.2, 0) is 27.2 Å². The van der Waals surface area contributed by atoms with Crippen molar-refractivity contribution in [2.75, 3.05) is 6.54 Å². The number of carboxylic acids is 1. The zero-order valence-corrected chi connectivity index (χ0v) is 16.4. The van der Waals surface area contributed by atoms with Crippen molar-refractivity contribution in [2.45, 2.75) is 44.2 Å². The Labute approximate surface area is 173 Å². The molecule has 0 spiro atoms. The number of aryl methyl sites for hydroxylation is 2. The van der Waals surface area contributed by atoms with Crippen LogP contribution in [0.1, 0.15) is 41.1 Å². The van der Waals surface area contributed by atoms with Crippen LogP contribution in [0, 0.1) is 0 Å². The highest BCUT2D eigenvalue weighted by Crippen LogP contribution is 2.20. The Morgan fingerprint density at radius 1 is 1.27 bits per heavy atom. The van der Waals surface area contributed by atoms with E-state index >= 15 is 0 Å². The fourth-order valence-corrected chi connectivity index (χ4v) is 3.54. The number of aromatic nitrogens is 2. The molecule has 1 fully saturated rings. The number of carbonyl (C=O) groups excluding carboxylic acids is 3. The van der Waals surface area contributed by atoms with Crippen molar-refractivity contribution < 1.29 is 24.3 Å². The predicted octanol–water partition coefficient (Wildman–Crippen LogP) is 0.958. The Balaban J connectivity index is 1.61. The second kappa shape index (κ2) is 9.82. The molecule has 0 radical (unpaired) electrons. The van der Waals surface area contributed by atoms with Crippen LogP contribution in [0.5, 0.6) is 0 Å². The third-order valence-electron chi connectivity index (χ3n) is 5.06. The third kappa shape index (κ3) is 5.31. The molecule has 0 saturated carbocycles. The van der Waals surface area contributed by atoms with E-state index in [1.54, 1.807) is 6.20 Å². The van der Waals surface area contributed by atoms with Gasteiger partial charge >= 0.3 is 5.97 Å². The highest BCUT2D eigenvalue weighted by atomic mass is 16.4. The summed E-state index contributed by atoms with van der Waals surface area (Å²) in [4.78, 5) is 55.8. The number of aldehydes is 1. The molecule has 3 N–H and O–H groups in total. The third-order valence-corrected chi connectivity index (χ3v) is 5.06. The summed E-state index contributed by atoms with van der Waals surface area (Å²) in [7, 11) is 0. The van der Waals surface area contributed by atoms with E-state index in [0.29, 0.717) is 32.1 Å².